The highest BCUT2D eigenvalue weighted by atomic mass is 15.2. The van der Waals surface area contributed by atoms with Crippen LogP contribution in [0.15, 0.2) is 60.7 Å². The molecule has 2 nitrogen and oxygen atoms in total. The number of rotatable bonds is 6. The lowest BCUT2D eigenvalue weighted by atomic mass is 9.98. The van der Waals surface area contributed by atoms with Gasteiger partial charge in [0.2, 0.25) is 0 Å². The fourth-order valence-corrected chi connectivity index (χ4v) is 3.62. The molecule has 1 aliphatic heterocycles. The largest absolute Gasteiger partial charge is 0.307 e. The average molecular weight is 308 g/mol. The topological polar surface area (TPSA) is 15.3 Å². The molecule has 0 aromatic heterocycles. The van der Waals surface area contributed by atoms with Crippen molar-refractivity contribution < 1.29 is 0 Å². The molecule has 0 spiro atoms. The molecule has 0 aliphatic carbocycles. The van der Waals surface area contributed by atoms with E-state index >= 15 is 0 Å². The summed E-state index contributed by atoms with van der Waals surface area (Å²) in [6.45, 7) is 8.10. The van der Waals surface area contributed by atoms with Crippen LogP contribution in [0.1, 0.15) is 37.4 Å². The second kappa shape index (κ2) is 7.76. The molecule has 2 heteroatoms. The molecule has 1 aliphatic rings. The number of hydrogen-bond acceptors (Lipinski definition) is 2. The maximum absolute atomic E-state index is 3.80. The summed E-state index contributed by atoms with van der Waals surface area (Å²) in [5.74, 6) is 0.741. The number of likely N-dealkylation sites (tertiary alicyclic amines) is 1. The normalized spacial score (nSPS) is 21.2. The second-order valence-corrected chi connectivity index (χ2v) is 6.86. The summed E-state index contributed by atoms with van der Waals surface area (Å²) >= 11 is 0. The van der Waals surface area contributed by atoms with Crippen molar-refractivity contribution in [3.8, 4) is 0 Å². The van der Waals surface area contributed by atoms with Crippen LogP contribution in [0.25, 0.3) is 0 Å². The second-order valence-electron chi connectivity index (χ2n) is 6.86. The number of benzene rings is 2. The zero-order chi connectivity index (χ0) is 16.1. The monoisotopic (exact) mass is 308 g/mol. The van der Waals surface area contributed by atoms with Crippen LogP contribution in [0.5, 0.6) is 0 Å². The van der Waals surface area contributed by atoms with Gasteiger partial charge < -0.3 is 5.32 Å². The summed E-state index contributed by atoms with van der Waals surface area (Å²) < 4.78 is 0. The highest BCUT2D eigenvalue weighted by Gasteiger charge is 2.27. The van der Waals surface area contributed by atoms with Crippen LogP contribution in [0, 0.1) is 5.92 Å². The minimum absolute atomic E-state index is 0.411. The third kappa shape index (κ3) is 4.43. The van der Waals surface area contributed by atoms with Crippen LogP contribution >= 0.6 is 0 Å². The van der Waals surface area contributed by atoms with Crippen molar-refractivity contribution in [2.45, 2.75) is 38.9 Å². The van der Waals surface area contributed by atoms with Crippen LogP contribution < -0.4 is 5.32 Å². The third-order valence-corrected chi connectivity index (χ3v) is 5.08. The van der Waals surface area contributed by atoms with Gasteiger partial charge in [-0.25, -0.2) is 0 Å². The van der Waals surface area contributed by atoms with Crippen molar-refractivity contribution in [1.82, 2.24) is 10.2 Å². The van der Waals surface area contributed by atoms with Crippen molar-refractivity contribution in [2.75, 3.05) is 13.1 Å². The van der Waals surface area contributed by atoms with Gasteiger partial charge in [-0.05, 0) is 43.9 Å². The SMILES string of the molecule is C[C@H](N[C@H](C)c1ccccc1)[C@@H]1CCN(Cc2ccccc2)C1. The molecule has 0 bridgehead atoms. The van der Waals surface area contributed by atoms with Gasteiger partial charge in [0.15, 0.2) is 0 Å². The van der Waals surface area contributed by atoms with E-state index in [9.17, 15) is 0 Å². The Balaban J connectivity index is 1.50. The van der Waals surface area contributed by atoms with Gasteiger partial charge in [0.25, 0.3) is 0 Å². The molecule has 3 rings (SSSR count). The molecule has 0 radical (unpaired) electrons. The van der Waals surface area contributed by atoms with Crippen LogP contribution in [0.4, 0.5) is 0 Å². The smallest absolute Gasteiger partial charge is 0.0294 e. The third-order valence-electron chi connectivity index (χ3n) is 5.08. The summed E-state index contributed by atoms with van der Waals surface area (Å²) in [4.78, 5) is 2.59. The lowest BCUT2D eigenvalue weighted by molar-refractivity contribution is 0.290. The lowest BCUT2D eigenvalue weighted by Crippen LogP contribution is -2.36. The van der Waals surface area contributed by atoms with Gasteiger partial charge in [-0.15, -0.1) is 0 Å². The van der Waals surface area contributed by atoms with E-state index in [1.54, 1.807) is 0 Å². The Morgan fingerprint density at radius 1 is 1.00 bits per heavy atom. The van der Waals surface area contributed by atoms with E-state index in [-0.39, 0.29) is 0 Å². The molecular weight excluding hydrogens is 280 g/mol. The van der Waals surface area contributed by atoms with Crippen molar-refractivity contribution >= 4 is 0 Å². The molecule has 0 saturated carbocycles. The maximum atomic E-state index is 3.80. The molecule has 2 aromatic carbocycles. The van der Waals surface area contributed by atoms with Crippen molar-refractivity contribution in [3.63, 3.8) is 0 Å². The van der Waals surface area contributed by atoms with Gasteiger partial charge >= 0.3 is 0 Å². The predicted octanol–water partition coefficient (Wildman–Crippen LogP) is 4.25. The molecule has 122 valence electrons. The highest BCUT2D eigenvalue weighted by Crippen LogP contribution is 2.23. The molecule has 2 aromatic rings. The van der Waals surface area contributed by atoms with Crippen LogP contribution in [-0.4, -0.2) is 24.0 Å². The molecule has 1 heterocycles. The number of hydrogen-bond donors (Lipinski definition) is 1. The van der Waals surface area contributed by atoms with Crippen LogP contribution in [0.3, 0.4) is 0 Å². The molecule has 1 saturated heterocycles. The van der Waals surface area contributed by atoms with Gasteiger partial charge in [-0.3, -0.25) is 4.90 Å². The van der Waals surface area contributed by atoms with Gasteiger partial charge in [0, 0.05) is 25.2 Å². The summed E-state index contributed by atoms with van der Waals surface area (Å²) in [7, 11) is 0. The summed E-state index contributed by atoms with van der Waals surface area (Å²) in [5.41, 5.74) is 2.80. The summed E-state index contributed by atoms with van der Waals surface area (Å²) in [5, 5.41) is 3.80. The first-order valence-electron chi connectivity index (χ1n) is 8.79. The van der Waals surface area contributed by atoms with Gasteiger partial charge in [0.1, 0.15) is 0 Å². The lowest BCUT2D eigenvalue weighted by Gasteiger charge is -2.25. The highest BCUT2D eigenvalue weighted by molar-refractivity contribution is 5.18. The molecule has 3 atom stereocenters. The first-order chi connectivity index (χ1) is 11.2. The van der Waals surface area contributed by atoms with Gasteiger partial charge in [-0.2, -0.15) is 0 Å². The molecule has 0 unspecified atom stereocenters. The fourth-order valence-electron chi connectivity index (χ4n) is 3.62. The van der Waals surface area contributed by atoms with Crippen molar-refractivity contribution in [3.05, 3.63) is 71.8 Å². The molecule has 23 heavy (non-hydrogen) atoms. The summed E-state index contributed by atoms with van der Waals surface area (Å²) in [6.07, 6.45) is 1.29. The van der Waals surface area contributed by atoms with E-state index in [1.165, 1.54) is 30.6 Å². The Kier molecular flexibility index (Phi) is 5.47. The molecule has 1 fully saturated rings. The molecular formula is C21H28N2. The van der Waals surface area contributed by atoms with Crippen LogP contribution in [0.2, 0.25) is 0 Å². The standard InChI is InChI=1S/C21H28N2/c1-17(20-11-7-4-8-12-20)22-18(2)21-13-14-23(16-21)15-19-9-5-3-6-10-19/h3-12,17-18,21-22H,13-16H2,1-2H3/t17-,18+,21-/m1/s1. The van der Waals surface area contributed by atoms with E-state index in [4.69, 9.17) is 0 Å². The molecule has 1 N–H and O–H groups in total. The van der Waals surface area contributed by atoms with E-state index in [0.717, 1.165) is 12.5 Å². The van der Waals surface area contributed by atoms with E-state index < -0.39 is 0 Å². The van der Waals surface area contributed by atoms with E-state index in [0.29, 0.717) is 12.1 Å². The number of nitrogens with zero attached hydrogens (tertiary/aromatic N) is 1. The Bertz CT molecular complexity index is 581. The quantitative estimate of drug-likeness (QED) is 0.858. The first kappa shape index (κ1) is 16.2. The molecule has 0 amide bonds. The Morgan fingerprint density at radius 3 is 2.35 bits per heavy atom. The maximum Gasteiger partial charge on any atom is 0.0294 e. The van der Waals surface area contributed by atoms with E-state index in [1.807, 2.05) is 0 Å². The Hall–Kier alpha value is -1.64. The van der Waals surface area contributed by atoms with Gasteiger partial charge in [0.05, 0.1) is 0 Å². The Morgan fingerprint density at radius 2 is 1.65 bits per heavy atom. The fraction of sp³-hybridized carbons (Fsp3) is 0.429. The van der Waals surface area contributed by atoms with Crippen molar-refractivity contribution in [2.24, 2.45) is 5.92 Å². The van der Waals surface area contributed by atoms with E-state index in [2.05, 4.69) is 84.7 Å². The summed E-state index contributed by atoms with van der Waals surface area (Å²) in [6, 6.07) is 22.5. The number of nitrogens with one attached hydrogen (secondary N) is 1. The predicted molar refractivity (Wildman–Crippen MR) is 97.3 cm³/mol. The Labute approximate surface area is 140 Å². The van der Waals surface area contributed by atoms with Crippen LogP contribution in [-0.2, 0) is 6.54 Å². The average Bonchev–Trinajstić information content (AvgIpc) is 3.05. The first-order valence-corrected chi connectivity index (χ1v) is 8.79. The zero-order valence-corrected chi connectivity index (χ0v) is 14.3. The van der Waals surface area contributed by atoms with Gasteiger partial charge in [-0.1, -0.05) is 60.7 Å². The van der Waals surface area contributed by atoms with Crippen molar-refractivity contribution in [1.29, 1.82) is 0 Å². The zero-order valence-electron chi connectivity index (χ0n) is 14.3. The minimum atomic E-state index is 0.411. The minimum Gasteiger partial charge on any atom is -0.307 e.